The summed E-state index contributed by atoms with van der Waals surface area (Å²) < 4.78 is 5.30. The molecule has 1 aliphatic rings. The lowest BCUT2D eigenvalue weighted by molar-refractivity contribution is -0.119. The Kier molecular flexibility index (Phi) is 7.68. The zero-order valence-corrected chi connectivity index (χ0v) is 19.1. The summed E-state index contributed by atoms with van der Waals surface area (Å²) in [6.07, 6.45) is 3.73. The number of thiophene rings is 1. The Hall–Kier alpha value is -2.87. The second kappa shape index (κ2) is 10.4. The molecular weight excluding hydrogens is 414 g/mol. The number of amides is 2. The molecule has 1 aromatic carbocycles. The van der Waals surface area contributed by atoms with Crippen LogP contribution in [0.15, 0.2) is 24.3 Å². The molecule has 0 unspecified atom stereocenters. The zero-order valence-electron chi connectivity index (χ0n) is 18.2. The number of nitrogens with zero attached hydrogens (tertiary/aromatic N) is 1. The van der Waals surface area contributed by atoms with Crippen molar-refractivity contribution in [3.05, 3.63) is 40.3 Å². The van der Waals surface area contributed by atoms with E-state index in [0.717, 1.165) is 54.9 Å². The topological polar surface area (TPSA) is 87.7 Å². The van der Waals surface area contributed by atoms with E-state index in [4.69, 9.17) is 4.74 Å². The van der Waals surface area contributed by atoms with Crippen molar-refractivity contribution in [1.82, 2.24) is 0 Å². The fraction of sp³-hybridized carbons (Fsp3) is 0.435. The molecule has 2 aromatic rings. The van der Waals surface area contributed by atoms with Crippen LogP contribution in [0.5, 0.6) is 0 Å². The van der Waals surface area contributed by atoms with E-state index < -0.39 is 11.9 Å². The van der Waals surface area contributed by atoms with Crippen molar-refractivity contribution in [3.63, 3.8) is 0 Å². The summed E-state index contributed by atoms with van der Waals surface area (Å²) >= 11 is 1.43. The van der Waals surface area contributed by atoms with E-state index in [-0.39, 0.29) is 12.5 Å². The fourth-order valence-corrected chi connectivity index (χ4v) is 5.10. The molecule has 0 atom stereocenters. The second-order valence-electron chi connectivity index (χ2n) is 7.44. The standard InChI is InChI=1S/C23H29N3O4S/c1-4-26(5-2)17-12-10-16(11-13-17)25-20(28)14-30-23(29)21-18-8-6-7-9-19(18)31-22(21)24-15(3)27/h10-13H,4-9,14H2,1-3H3,(H,24,27)(H,25,28). The molecule has 2 N–H and O–H groups in total. The highest BCUT2D eigenvalue weighted by molar-refractivity contribution is 7.17. The number of hydrogen-bond acceptors (Lipinski definition) is 6. The summed E-state index contributed by atoms with van der Waals surface area (Å²) in [6, 6.07) is 7.56. The van der Waals surface area contributed by atoms with E-state index in [1.807, 2.05) is 24.3 Å². The highest BCUT2D eigenvalue weighted by atomic mass is 32.1. The maximum Gasteiger partial charge on any atom is 0.341 e. The number of aryl methyl sites for hydroxylation is 1. The minimum absolute atomic E-state index is 0.237. The van der Waals surface area contributed by atoms with E-state index in [1.54, 1.807) is 0 Å². The molecule has 0 aliphatic heterocycles. The first-order valence-electron chi connectivity index (χ1n) is 10.7. The molecular formula is C23H29N3O4S. The predicted molar refractivity (Wildman–Crippen MR) is 124 cm³/mol. The van der Waals surface area contributed by atoms with Gasteiger partial charge in [-0.25, -0.2) is 4.79 Å². The SMILES string of the molecule is CCN(CC)c1ccc(NC(=O)COC(=O)c2c(NC(C)=O)sc3c2CCCC3)cc1. The Morgan fingerprint density at radius 3 is 2.35 bits per heavy atom. The smallest absolute Gasteiger partial charge is 0.341 e. The quantitative estimate of drug-likeness (QED) is 0.596. The Labute approximate surface area is 186 Å². The van der Waals surface area contributed by atoms with E-state index in [0.29, 0.717) is 16.3 Å². The van der Waals surface area contributed by atoms with Crippen molar-refractivity contribution in [2.24, 2.45) is 0 Å². The number of carbonyl (C=O) groups is 3. The van der Waals surface area contributed by atoms with Gasteiger partial charge in [0.05, 0.1) is 5.56 Å². The Balaban J connectivity index is 1.62. The Morgan fingerprint density at radius 1 is 1.03 bits per heavy atom. The molecule has 8 heteroatoms. The number of ether oxygens (including phenoxy) is 1. The first kappa shape index (κ1) is 22.8. The van der Waals surface area contributed by atoms with Crippen molar-refractivity contribution in [2.45, 2.75) is 46.5 Å². The maximum absolute atomic E-state index is 12.8. The summed E-state index contributed by atoms with van der Waals surface area (Å²) in [4.78, 5) is 39.9. The van der Waals surface area contributed by atoms with E-state index in [1.165, 1.54) is 18.3 Å². The molecule has 0 spiro atoms. The third-order valence-electron chi connectivity index (χ3n) is 5.28. The molecule has 0 radical (unpaired) electrons. The zero-order chi connectivity index (χ0) is 22.4. The molecule has 1 aromatic heterocycles. The van der Waals surface area contributed by atoms with E-state index in [2.05, 4.69) is 29.4 Å². The third kappa shape index (κ3) is 5.64. The van der Waals surface area contributed by atoms with Gasteiger partial charge in [-0.05, 0) is 69.4 Å². The van der Waals surface area contributed by atoms with Gasteiger partial charge >= 0.3 is 5.97 Å². The number of fused-ring (bicyclic) bond motifs is 1. The molecule has 1 aliphatic carbocycles. The highest BCUT2D eigenvalue weighted by Crippen LogP contribution is 2.38. The number of anilines is 3. The van der Waals surface area contributed by atoms with Gasteiger partial charge in [-0.3, -0.25) is 9.59 Å². The first-order valence-corrected chi connectivity index (χ1v) is 11.5. The summed E-state index contributed by atoms with van der Waals surface area (Å²) in [5, 5.41) is 6.00. The van der Waals surface area contributed by atoms with Crippen LogP contribution in [0.4, 0.5) is 16.4 Å². The van der Waals surface area contributed by atoms with Gasteiger partial charge in [0, 0.05) is 36.3 Å². The predicted octanol–water partition coefficient (Wildman–Crippen LogP) is 4.23. The van der Waals surface area contributed by atoms with E-state index in [9.17, 15) is 14.4 Å². The van der Waals surface area contributed by atoms with Crippen molar-refractivity contribution in [2.75, 3.05) is 35.2 Å². The molecule has 1 heterocycles. The minimum Gasteiger partial charge on any atom is -0.452 e. The number of hydrogen-bond donors (Lipinski definition) is 2. The largest absolute Gasteiger partial charge is 0.452 e. The lowest BCUT2D eigenvalue weighted by Gasteiger charge is -2.21. The average molecular weight is 444 g/mol. The van der Waals surface area contributed by atoms with Crippen LogP contribution in [0.1, 0.15) is 54.4 Å². The summed E-state index contributed by atoms with van der Waals surface area (Å²) in [5.41, 5.74) is 3.06. The second-order valence-corrected chi connectivity index (χ2v) is 8.54. The molecule has 0 fully saturated rings. The van der Waals surface area contributed by atoms with Crippen LogP contribution in [-0.4, -0.2) is 37.5 Å². The number of esters is 1. The van der Waals surface area contributed by atoms with Crippen molar-refractivity contribution in [1.29, 1.82) is 0 Å². The number of rotatable bonds is 8. The third-order valence-corrected chi connectivity index (χ3v) is 6.49. The summed E-state index contributed by atoms with van der Waals surface area (Å²) in [6.45, 7) is 7.02. The first-order chi connectivity index (χ1) is 14.9. The van der Waals surface area contributed by atoms with Gasteiger partial charge in [-0.2, -0.15) is 0 Å². The molecule has 2 amide bonds. The van der Waals surface area contributed by atoms with Crippen LogP contribution < -0.4 is 15.5 Å². The molecule has 3 rings (SSSR count). The van der Waals surface area contributed by atoms with Gasteiger partial charge in [0.1, 0.15) is 5.00 Å². The Morgan fingerprint density at radius 2 is 1.71 bits per heavy atom. The molecule has 0 saturated carbocycles. The van der Waals surface area contributed by atoms with Gasteiger partial charge in [0.2, 0.25) is 5.91 Å². The van der Waals surface area contributed by atoms with Gasteiger partial charge in [-0.1, -0.05) is 0 Å². The normalized spacial score (nSPS) is 12.6. The lowest BCUT2D eigenvalue weighted by Crippen LogP contribution is -2.23. The van der Waals surface area contributed by atoms with Crippen LogP contribution in [0.25, 0.3) is 0 Å². The molecule has 0 saturated heterocycles. The molecule has 31 heavy (non-hydrogen) atoms. The summed E-state index contributed by atoms with van der Waals surface area (Å²) in [5.74, 6) is -1.22. The van der Waals surface area contributed by atoms with Gasteiger partial charge < -0.3 is 20.3 Å². The number of carbonyl (C=O) groups excluding carboxylic acids is 3. The Bertz CT molecular complexity index is 948. The van der Waals surface area contributed by atoms with E-state index >= 15 is 0 Å². The van der Waals surface area contributed by atoms with Crippen LogP contribution in [0.3, 0.4) is 0 Å². The van der Waals surface area contributed by atoms with Gasteiger partial charge in [0.15, 0.2) is 6.61 Å². The van der Waals surface area contributed by atoms with Crippen molar-refractivity contribution >= 4 is 45.5 Å². The number of benzene rings is 1. The van der Waals surface area contributed by atoms with Crippen LogP contribution in [0.2, 0.25) is 0 Å². The summed E-state index contributed by atoms with van der Waals surface area (Å²) in [7, 11) is 0. The average Bonchev–Trinajstić information content (AvgIpc) is 3.11. The molecule has 7 nitrogen and oxygen atoms in total. The molecule has 166 valence electrons. The van der Waals surface area contributed by atoms with Gasteiger partial charge in [-0.15, -0.1) is 11.3 Å². The minimum atomic E-state index is -0.574. The van der Waals surface area contributed by atoms with Crippen LogP contribution in [-0.2, 0) is 27.2 Å². The molecule has 0 bridgehead atoms. The highest BCUT2D eigenvalue weighted by Gasteiger charge is 2.27. The fourth-order valence-electron chi connectivity index (χ4n) is 3.77. The van der Waals surface area contributed by atoms with Crippen LogP contribution >= 0.6 is 11.3 Å². The number of nitrogens with one attached hydrogen (secondary N) is 2. The van der Waals surface area contributed by atoms with Crippen molar-refractivity contribution < 1.29 is 19.1 Å². The maximum atomic E-state index is 12.8. The van der Waals surface area contributed by atoms with Crippen molar-refractivity contribution in [3.8, 4) is 0 Å². The van der Waals surface area contributed by atoms with Crippen LogP contribution in [0, 0.1) is 0 Å². The monoisotopic (exact) mass is 443 g/mol. The van der Waals surface area contributed by atoms with Gasteiger partial charge in [0.25, 0.3) is 5.91 Å². The lowest BCUT2D eigenvalue weighted by atomic mass is 9.95.